The molecule has 0 aliphatic carbocycles. The summed E-state index contributed by atoms with van der Waals surface area (Å²) in [5.41, 5.74) is 2.78. The smallest absolute Gasteiger partial charge is 0.274 e. The molecule has 0 saturated carbocycles. The minimum Gasteiger partial charge on any atom is -0.368 e. The van der Waals surface area contributed by atoms with Gasteiger partial charge in [-0.25, -0.2) is 0 Å². The molecule has 7 nitrogen and oxygen atoms in total. The number of amides is 2. The van der Waals surface area contributed by atoms with Crippen LogP contribution < -0.4 is 4.90 Å². The third kappa shape index (κ3) is 6.15. The van der Waals surface area contributed by atoms with E-state index in [-0.39, 0.29) is 11.8 Å². The monoisotopic (exact) mass is 451 g/mol. The maximum atomic E-state index is 12.8. The van der Waals surface area contributed by atoms with Crippen molar-refractivity contribution >= 4 is 17.5 Å². The molecular weight excluding hydrogens is 414 g/mol. The topological polar surface area (TPSA) is 72.5 Å². The summed E-state index contributed by atoms with van der Waals surface area (Å²) in [6.45, 7) is 9.18. The molecule has 0 radical (unpaired) electrons. The molecule has 1 N–H and O–H groups in total. The molecule has 2 aliphatic heterocycles. The number of piperazine rings is 1. The van der Waals surface area contributed by atoms with Gasteiger partial charge in [0.2, 0.25) is 5.91 Å². The molecule has 178 valence electrons. The highest BCUT2D eigenvalue weighted by molar-refractivity contribution is 5.92. The van der Waals surface area contributed by atoms with Crippen LogP contribution in [0.25, 0.3) is 0 Å². The number of rotatable bonds is 7. The van der Waals surface area contributed by atoms with Crippen LogP contribution in [0.3, 0.4) is 0 Å². The second-order valence-electron chi connectivity index (χ2n) is 9.85. The van der Waals surface area contributed by atoms with Crippen molar-refractivity contribution in [3.8, 4) is 0 Å². The maximum absolute atomic E-state index is 12.8. The molecule has 1 aromatic heterocycles. The summed E-state index contributed by atoms with van der Waals surface area (Å²) in [5.74, 6) is 1.33. The van der Waals surface area contributed by atoms with Crippen LogP contribution in [-0.4, -0.2) is 71.1 Å². The Balaban J connectivity index is 1.16. The predicted octanol–water partition coefficient (Wildman–Crippen LogP) is 3.59. The largest absolute Gasteiger partial charge is 0.368 e. The minimum absolute atomic E-state index is 0.0204. The first-order valence-electron chi connectivity index (χ1n) is 12.4. The fourth-order valence-corrected chi connectivity index (χ4v) is 4.94. The minimum atomic E-state index is 0.0204. The van der Waals surface area contributed by atoms with E-state index >= 15 is 0 Å². The number of anilines is 1. The number of nitrogens with one attached hydrogen (secondary N) is 1. The van der Waals surface area contributed by atoms with E-state index in [1.807, 2.05) is 21.9 Å². The molecule has 7 heteroatoms. The summed E-state index contributed by atoms with van der Waals surface area (Å²) in [5, 5.41) is 7.23. The Morgan fingerprint density at radius 2 is 1.70 bits per heavy atom. The number of hydrogen-bond acceptors (Lipinski definition) is 4. The van der Waals surface area contributed by atoms with E-state index in [4.69, 9.17) is 0 Å². The van der Waals surface area contributed by atoms with Crippen LogP contribution in [0.2, 0.25) is 0 Å². The Kier molecular flexibility index (Phi) is 7.68. The van der Waals surface area contributed by atoms with Crippen LogP contribution >= 0.6 is 0 Å². The second-order valence-corrected chi connectivity index (χ2v) is 9.85. The predicted molar refractivity (Wildman–Crippen MR) is 130 cm³/mol. The Labute approximate surface area is 197 Å². The van der Waals surface area contributed by atoms with Crippen LogP contribution in [0.4, 0.5) is 5.69 Å². The van der Waals surface area contributed by atoms with Gasteiger partial charge in [-0.3, -0.25) is 14.7 Å². The average Bonchev–Trinajstić information content (AvgIpc) is 3.31. The lowest BCUT2D eigenvalue weighted by atomic mass is 9.91. The molecular formula is C26H37N5O2. The number of aromatic amines is 1. The zero-order valence-corrected chi connectivity index (χ0v) is 20.0. The fraction of sp³-hybridized carbons (Fsp3) is 0.577. The van der Waals surface area contributed by atoms with E-state index in [2.05, 4.69) is 53.2 Å². The van der Waals surface area contributed by atoms with Crippen LogP contribution in [-0.2, 0) is 11.2 Å². The Bertz CT molecular complexity index is 910. The van der Waals surface area contributed by atoms with Crippen molar-refractivity contribution in [1.29, 1.82) is 0 Å². The molecule has 3 heterocycles. The third-order valence-corrected chi connectivity index (χ3v) is 6.90. The number of H-pyrrole nitrogens is 1. The Hall–Kier alpha value is -2.83. The highest BCUT2D eigenvalue weighted by Gasteiger charge is 2.27. The summed E-state index contributed by atoms with van der Waals surface area (Å²) in [4.78, 5) is 31.8. The lowest BCUT2D eigenvalue weighted by molar-refractivity contribution is -0.131. The van der Waals surface area contributed by atoms with Gasteiger partial charge in [-0.1, -0.05) is 32.0 Å². The third-order valence-electron chi connectivity index (χ3n) is 6.90. The highest BCUT2D eigenvalue weighted by atomic mass is 16.2. The Morgan fingerprint density at radius 1 is 1.00 bits per heavy atom. The van der Waals surface area contributed by atoms with Crippen molar-refractivity contribution in [2.75, 3.05) is 44.2 Å². The number of para-hydroxylation sites is 1. The number of hydrogen-bond donors (Lipinski definition) is 1. The van der Waals surface area contributed by atoms with Crippen molar-refractivity contribution in [2.45, 2.75) is 46.0 Å². The van der Waals surface area contributed by atoms with Gasteiger partial charge < -0.3 is 14.7 Å². The number of carbonyl (C=O) groups is 2. The molecule has 0 bridgehead atoms. The summed E-state index contributed by atoms with van der Waals surface area (Å²) >= 11 is 0. The van der Waals surface area contributed by atoms with Gasteiger partial charge in [-0.05, 0) is 55.7 Å². The van der Waals surface area contributed by atoms with E-state index in [9.17, 15) is 9.59 Å². The van der Waals surface area contributed by atoms with Gasteiger partial charge in [-0.15, -0.1) is 0 Å². The van der Waals surface area contributed by atoms with E-state index in [1.54, 1.807) is 0 Å². The first-order valence-corrected chi connectivity index (χ1v) is 12.4. The molecule has 2 amide bonds. The van der Waals surface area contributed by atoms with Crippen LogP contribution in [0.5, 0.6) is 0 Å². The van der Waals surface area contributed by atoms with Crippen molar-refractivity contribution in [3.63, 3.8) is 0 Å². The van der Waals surface area contributed by atoms with Gasteiger partial charge in [0, 0.05) is 57.1 Å². The van der Waals surface area contributed by atoms with Crippen LogP contribution in [0.15, 0.2) is 36.4 Å². The maximum Gasteiger partial charge on any atom is 0.274 e. The Morgan fingerprint density at radius 3 is 2.36 bits per heavy atom. The van der Waals surface area contributed by atoms with Crippen molar-refractivity contribution in [2.24, 2.45) is 11.8 Å². The first-order chi connectivity index (χ1) is 16.0. The molecule has 33 heavy (non-hydrogen) atoms. The zero-order chi connectivity index (χ0) is 23.2. The van der Waals surface area contributed by atoms with Crippen LogP contribution in [0.1, 0.15) is 55.7 Å². The van der Waals surface area contributed by atoms with Gasteiger partial charge in [0.1, 0.15) is 5.69 Å². The van der Waals surface area contributed by atoms with Crippen molar-refractivity contribution in [3.05, 3.63) is 47.8 Å². The summed E-state index contributed by atoms with van der Waals surface area (Å²) in [6, 6.07) is 12.3. The van der Waals surface area contributed by atoms with Crippen LogP contribution in [0, 0.1) is 11.8 Å². The van der Waals surface area contributed by atoms with Gasteiger partial charge in [0.25, 0.3) is 5.91 Å². The lowest BCUT2D eigenvalue weighted by Gasteiger charge is -2.36. The normalized spacial score (nSPS) is 17.6. The molecule has 2 aromatic rings. The molecule has 0 spiro atoms. The van der Waals surface area contributed by atoms with E-state index < -0.39 is 0 Å². The summed E-state index contributed by atoms with van der Waals surface area (Å²) in [7, 11) is 0. The molecule has 4 rings (SSSR count). The number of likely N-dealkylation sites (tertiary alicyclic amines) is 1. The quantitative estimate of drug-likeness (QED) is 0.698. The number of carbonyl (C=O) groups excluding carboxylic acids is 2. The zero-order valence-electron chi connectivity index (χ0n) is 20.0. The SMILES string of the molecule is CC(C)Cc1cc(C(=O)N2CCC(CCC(=O)N3CCN(c4ccccc4)CC3)CC2)n[nH]1. The highest BCUT2D eigenvalue weighted by Crippen LogP contribution is 2.24. The first kappa shape index (κ1) is 23.3. The van der Waals surface area contributed by atoms with E-state index in [0.29, 0.717) is 24.0 Å². The average molecular weight is 452 g/mol. The van der Waals surface area contributed by atoms with E-state index in [1.165, 1.54) is 5.69 Å². The lowest BCUT2D eigenvalue weighted by Crippen LogP contribution is -2.48. The van der Waals surface area contributed by atoms with Gasteiger partial charge in [-0.2, -0.15) is 5.10 Å². The van der Waals surface area contributed by atoms with Gasteiger partial charge in [0.05, 0.1) is 0 Å². The van der Waals surface area contributed by atoms with Gasteiger partial charge >= 0.3 is 0 Å². The van der Waals surface area contributed by atoms with Gasteiger partial charge in [0.15, 0.2) is 0 Å². The number of piperidine rings is 1. The standard InChI is InChI=1S/C26H37N5O2/c1-20(2)18-22-19-24(28-27-22)26(33)31-12-10-21(11-13-31)8-9-25(32)30-16-14-29(15-17-30)23-6-4-3-5-7-23/h3-7,19-21H,8-18H2,1-2H3,(H,27,28). The van der Waals surface area contributed by atoms with E-state index in [0.717, 1.165) is 70.6 Å². The summed E-state index contributed by atoms with van der Waals surface area (Å²) in [6.07, 6.45) is 4.36. The number of nitrogens with zero attached hydrogens (tertiary/aromatic N) is 4. The number of benzene rings is 1. The summed E-state index contributed by atoms with van der Waals surface area (Å²) < 4.78 is 0. The molecule has 2 aliphatic rings. The molecule has 1 aromatic carbocycles. The number of aromatic nitrogens is 2. The second kappa shape index (κ2) is 10.9. The fourth-order valence-electron chi connectivity index (χ4n) is 4.94. The molecule has 0 unspecified atom stereocenters. The molecule has 2 fully saturated rings. The molecule has 2 saturated heterocycles. The van der Waals surface area contributed by atoms with Crippen molar-refractivity contribution < 1.29 is 9.59 Å². The molecule has 0 atom stereocenters. The van der Waals surface area contributed by atoms with Crippen molar-refractivity contribution in [1.82, 2.24) is 20.0 Å².